The van der Waals surface area contributed by atoms with Crippen LogP contribution < -0.4 is 14.8 Å². The number of rotatable bonds is 8. The average molecular weight is 426 g/mol. The Balaban J connectivity index is 1.64. The third-order valence-corrected chi connectivity index (χ3v) is 5.57. The number of hydrogen-bond donors (Lipinski definition) is 2. The van der Waals surface area contributed by atoms with Gasteiger partial charge in [-0.1, -0.05) is 19.9 Å². The van der Waals surface area contributed by atoms with Gasteiger partial charge < -0.3 is 24.5 Å². The monoisotopic (exact) mass is 425 g/mol. The lowest BCUT2D eigenvalue weighted by atomic mass is 10.2. The van der Waals surface area contributed by atoms with Crippen LogP contribution in [0.15, 0.2) is 24.5 Å². The number of anilines is 1. The maximum absolute atomic E-state index is 9.82. The zero-order valence-electron chi connectivity index (χ0n) is 18.6. The molecule has 2 N–H and O–H groups in total. The normalized spacial score (nSPS) is 18.6. The molecule has 0 bridgehead atoms. The van der Waals surface area contributed by atoms with Gasteiger partial charge in [0.25, 0.3) is 0 Å². The number of nitrogens with one attached hydrogen (secondary N) is 1. The van der Waals surface area contributed by atoms with Crippen LogP contribution in [-0.4, -0.2) is 50.5 Å². The van der Waals surface area contributed by atoms with Crippen molar-refractivity contribution < 1.29 is 14.6 Å². The van der Waals surface area contributed by atoms with Crippen molar-refractivity contribution in [2.75, 3.05) is 19.0 Å². The highest BCUT2D eigenvalue weighted by atomic mass is 16.5. The first-order valence-electron chi connectivity index (χ1n) is 11.0. The highest BCUT2D eigenvalue weighted by Crippen LogP contribution is 2.34. The number of fused-ring (bicyclic) bond motifs is 1. The minimum atomic E-state index is -0.282. The molecule has 31 heavy (non-hydrogen) atoms. The topological polar surface area (TPSA) is 94.3 Å². The molecule has 1 fully saturated rings. The summed E-state index contributed by atoms with van der Waals surface area (Å²) in [6, 6.07) is 5.94. The molecular formula is C23H31N5O3. The molecule has 4 rings (SSSR count). The van der Waals surface area contributed by atoms with Gasteiger partial charge in [0.05, 0.1) is 26.1 Å². The number of hydrogen-bond acceptors (Lipinski definition) is 7. The van der Waals surface area contributed by atoms with Crippen LogP contribution in [0.4, 0.5) is 5.82 Å². The van der Waals surface area contributed by atoms with Crippen molar-refractivity contribution in [3.05, 3.63) is 35.9 Å². The molecule has 166 valence electrons. The number of benzene rings is 1. The fourth-order valence-electron chi connectivity index (χ4n) is 3.94. The maximum atomic E-state index is 9.82. The minimum Gasteiger partial charge on any atom is -0.493 e. The molecular weight excluding hydrogens is 394 g/mol. The largest absolute Gasteiger partial charge is 0.493 e. The molecule has 0 amide bonds. The van der Waals surface area contributed by atoms with Crippen LogP contribution in [0.1, 0.15) is 57.3 Å². The Hall–Kier alpha value is -2.87. The summed E-state index contributed by atoms with van der Waals surface area (Å²) >= 11 is 0. The summed E-state index contributed by atoms with van der Waals surface area (Å²) in [5, 5.41) is 13.1. The molecule has 2 unspecified atom stereocenters. The van der Waals surface area contributed by atoms with Crippen molar-refractivity contribution in [2.45, 2.75) is 64.7 Å². The van der Waals surface area contributed by atoms with E-state index < -0.39 is 0 Å². The number of ether oxygens (including phenoxy) is 2. The van der Waals surface area contributed by atoms with E-state index in [9.17, 15) is 5.11 Å². The van der Waals surface area contributed by atoms with Gasteiger partial charge in [-0.3, -0.25) is 0 Å². The summed E-state index contributed by atoms with van der Waals surface area (Å²) in [5.74, 6) is 4.01. The summed E-state index contributed by atoms with van der Waals surface area (Å²) in [7, 11) is 1.64. The van der Waals surface area contributed by atoms with Crippen molar-refractivity contribution in [1.82, 2.24) is 19.5 Å². The quantitative estimate of drug-likeness (QED) is 0.568. The van der Waals surface area contributed by atoms with Crippen LogP contribution in [0.5, 0.6) is 11.5 Å². The minimum absolute atomic E-state index is 0.00844. The summed E-state index contributed by atoms with van der Waals surface area (Å²) in [4.78, 5) is 14.1. The standard InChI is InChI=1S/C23H31N5O3/c1-5-24-22-20-23(27-21(26-20)14(2)3)28(13-25-22)12-15-6-9-18(30-4)19(10-15)31-17-8-7-16(29)11-17/h6,9-10,13-14,16-17,24,29H,5,7-8,11-12H2,1-4H3. The third kappa shape index (κ3) is 4.58. The molecule has 2 aliphatic heterocycles. The van der Waals surface area contributed by atoms with Crippen LogP contribution in [0.25, 0.3) is 11.5 Å². The highest BCUT2D eigenvalue weighted by molar-refractivity contribution is 5.67. The molecule has 1 saturated carbocycles. The van der Waals surface area contributed by atoms with Gasteiger partial charge in [0.1, 0.15) is 11.9 Å². The van der Waals surface area contributed by atoms with Gasteiger partial charge in [0.2, 0.25) is 0 Å². The van der Waals surface area contributed by atoms with Gasteiger partial charge in [-0.25, -0.2) is 15.0 Å². The van der Waals surface area contributed by atoms with Gasteiger partial charge in [0.15, 0.2) is 28.8 Å². The molecule has 8 nitrogen and oxygen atoms in total. The van der Waals surface area contributed by atoms with Gasteiger partial charge in [0, 0.05) is 18.9 Å². The van der Waals surface area contributed by atoms with E-state index in [0.717, 1.165) is 48.1 Å². The lowest BCUT2D eigenvalue weighted by Gasteiger charge is -2.18. The first-order valence-corrected chi connectivity index (χ1v) is 11.0. The van der Waals surface area contributed by atoms with Crippen LogP contribution in [0, 0.1) is 0 Å². The second-order valence-corrected chi connectivity index (χ2v) is 8.35. The zero-order chi connectivity index (χ0) is 22.0. The Bertz CT molecular complexity index is 1000. The molecule has 8 heteroatoms. The highest BCUT2D eigenvalue weighted by Gasteiger charge is 2.26. The van der Waals surface area contributed by atoms with E-state index >= 15 is 0 Å². The predicted molar refractivity (Wildman–Crippen MR) is 119 cm³/mol. The first-order chi connectivity index (χ1) is 15.0. The smallest absolute Gasteiger partial charge is 0.166 e. The summed E-state index contributed by atoms with van der Waals surface area (Å²) < 4.78 is 13.7. The Kier molecular flexibility index (Phi) is 6.27. The molecule has 1 aliphatic carbocycles. The molecule has 1 aromatic rings. The molecule has 1 aromatic carbocycles. The fourth-order valence-corrected chi connectivity index (χ4v) is 3.94. The second kappa shape index (κ2) is 9.09. The molecule has 3 aliphatic rings. The van der Waals surface area contributed by atoms with Crippen molar-refractivity contribution in [3.63, 3.8) is 0 Å². The number of aliphatic hydroxyl groups is 1. The Labute approximate surface area is 183 Å². The molecule has 0 spiro atoms. The van der Waals surface area contributed by atoms with E-state index in [1.165, 1.54) is 0 Å². The third-order valence-electron chi connectivity index (χ3n) is 5.57. The van der Waals surface area contributed by atoms with E-state index in [2.05, 4.69) is 24.1 Å². The number of nitrogens with zero attached hydrogens (tertiary/aromatic N) is 4. The van der Waals surface area contributed by atoms with E-state index in [1.54, 1.807) is 13.4 Å². The fraction of sp³-hybridized carbons (Fsp3) is 0.522. The van der Waals surface area contributed by atoms with Crippen LogP contribution in [0.3, 0.4) is 0 Å². The lowest BCUT2D eigenvalue weighted by molar-refractivity contribution is 0.147. The Morgan fingerprint density at radius 3 is 2.74 bits per heavy atom. The van der Waals surface area contributed by atoms with Crippen LogP contribution in [-0.2, 0) is 6.54 Å². The maximum Gasteiger partial charge on any atom is 0.166 e. The van der Waals surface area contributed by atoms with Crippen molar-refractivity contribution in [1.29, 1.82) is 0 Å². The van der Waals surface area contributed by atoms with E-state index in [4.69, 9.17) is 19.4 Å². The van der Waals surface area contributed by atoms with Gasteiger partial charge in [-0.05, 0) is 37.5 Å². The van der Waals surface area contributed by atoms with E-state index in [-0.39, 0.29) is 18.1 Å². The van der Waals surface area contributed by atoms with Gasteiger partial charge >= 0.3 is 0 Å². The first kappa shape index (κ1) is 21.4. The lowest BCUT2D eigenvalue weighted by Crippen LogP contribution is -2.14. The number of aliphatic hydroxyl groups excluding tert-OH is 1. The molecule has 2 atom stereocenters. The summed E-state index contributed by atoms with van der Waals surface area (Å²) in [5.41, 5.74) is 1.84. The Morgan fingerprint density at radius 1 is 1.23 bits per heavy atom. The molecule has 0 saturated heterocycles. The van der Waals surface area contributed by atoms with Crippen molar-refractivity contribution in [2.24, 2.45) is 0 Å². The number of imidazole rings is 1. The molecule has 0 radical (unpaired) electrons. The average Bonchev–Trinajstić information content (AvgIpc) is 3.37. The van der Waals surface area contributed by atoms with E-state index in [0.29, 0.717) is 24.5 Å². The molecule has 2 heterocycles. The summed E-state index contributed by atoms with van der Waals surface area (Å²) in [6.45, 7) is 7.57. The Morgan fingerprint density at radius 2 is 2.06 bits per heavy atom. The predicted octanol–water partition coefficient (Wildman–Crippen LogP) is 3.68. The molecule has 0 aromatic heterocycles. The van der Waals surface area contributed by atoms with Crippen LogP contribution in [0.2, 0.25) is 0 Å². The van der Waals surface area contributed by atoms with E-state index in [1.807, 2.05) is 29.7 Å². The summed E-state index contributed by atoms with van der Waals surface area (Å²) in [6.07, 6.45) is 3.81. The second-order valence-electron chi connectivity index (χ2n) is 8.35. The van der Waals surface area contributed by atoms with Crippen molar-refractivity contribution in [3.8, 4) is 23.0 Å². The van der Waals surface area contributed by atoms with Gasteiger partial charge in [-0.2, -0.15) is 0 Å². The SMILES string of the molecule is CCNc1ncn(Cc2ccc(OC)c(OC3CCC(O)C3)c2)c2nc(C(C)C)nc1-2. The van der Waals surface area contributed by atoms with Crippen LogP contribution >= 0.6 is 0 Å². The van der Waals surface area contributed by atoms with Gasteiger partial charge in [-0.15, -0.1) is 0 Å². The number of methoxy groups -OCH3 is 1. The number of aromatic nitrogens is 4. The van der Waals surface area contributed by atoms with Crippen molar-refractivity contribution >= 4 is 5.82 Å². The zero-order valence-corrected chi connectivity index (χ0v) is 18.6.